The van der Waals surface area contributed by atoms with Crippen molar-refractivity contribution in [3.8, 4) is 12.1 Å². The molecule has 0 saturated carbocycles. The average Bonchev–Trinajstić information content (AvgIpc) is 4.28. The van der Waals surface area contributed by atoms with E-state index >= 15 is 0 Å². The molecule has 6 aromatic rings. The van der Waals surface area contributed by atoms with E-state index in [9.17, 15) is 12.6 Å². The van der Waals surface area contributed by atoms with Crippen LogP contribution in [0.25, 0.3) is 0 Å². The zero-order valence-corrected chi connectivity index (χ0v) is 53.1. The molecule has 5 saturated heterocycles. The second-order valence-corrected chi connectivity index (χ2v) is 26.0. The summed E-state index contributed by atoms with van der Waals surface area (Å²) >= 11 is 15.1. The van der Waals surface area contributed by atoms with Crippen molar-refractivity contribution in [1.82, 2.24) is 54.8 Å². The normalized spacial score (nSPS) is 19.3. The first kappa shape index (κ1) is 72.9. The van der Waals surface area contributed by atoms with Gasteiger partial charge in [-0.1, -0.05) is 57.0 Å². The highest BCUT2D eigenvalue weighted by Crippen LogP contribution is 2.23. The van der Waals surface area contributed by atoms with Crippen molar-refractivity contribution in [2.24, 2.45) is 23.7 Å². The highest BCUT2D eigenvalue weighted by Gasteiger charge is 2.23. The van der Waals surface area contributed by atoms with Crippen LogP contribution in [-0.2, 0) is 25.4 Å². The van der Waals surface area contributed by atoms with Crippen molar-refractivity contribution in [2.75, 3.05) is 52.6 Å². The summed E-state index contributed by atoms with van der Waals surface area (Å²) in [5.74, 6) is 13.7. The van der Waals surface area contributed by atoms with Crippen LogP contribution in [0, 0.1) is 87.9 Å². The van der Waals surface area contributed by atoms with Crippen LogP contribution in [0.4, 0.5) is 0 Å². The van der Waals surface area contributed by atoms with Crippen molar-refractivity contribution in [2.45, 2.75) is 114 Å². The fourth-order valence-corrected chi connectivity index (χ4v) is 11.8. The van der Waals surface area contributed by atoms with E-state index in [4.69, 9.17) is 38.5 Å². The Morgan fingerprint density at radius 2 is 1.18 bits per heavy atom. The fraction of sp³-hybridized carbons (Fsp3) is 0.526. The maximum atomic E-state index is 10.6. The predicted octanol–water partition coefficient (Wildman–Crippen LogP) is 11.9. The fourth-order valence-electron chi connectivity index (χ4n) is 6.02. The summed E-state index contributed by atoms with van der Waals surface area (Å²) in [5.41, 5.74) is 3.65. The highest BCUT2D eigenvalue weighted by atomic mass is 35.5. The van der Waals surface area contributed by atoms with Gasteiger partial charge in [0, 0.05) is 90.4 Å². The van der Waals surface area contributed by atoms with Crippen molar-refractivity contribution in [1.29, 1.82) is 10.5 Å². The minimum atomic E-state index is -2.60. The van der Waals surface area contributed by atoms with Gasteiger partial charge in [-0.25, -0.2) is 48.3 Å². The number of halogens is 2. The summed E-state index contributed by atoms with van der Waals surface area (Å²) in [6.07, 6.45) is 24.1. The number of aryl methyl sites for hydroxylation is 6. The quantitative estimate of drug-likeness (QED) is 0.137. The van der Waals surface area contributed by atoms with Gasteiger partial charge >= 0.3 is 0 Å². The zero-order valence-electron chi connectivity index (χ0n) is 48.3. The first-order valence-corrected chi connectivity index (χ1v) is 32.7. The van der Waals surface area contributed by atoms with Gasteiger partial charge < -0.3 is 4.74 Å². The van der Waals surface area contributed by atoms with Crippen LogP contribution in [0.2, 0.25) is 10.2 Å². The van der Waals surface area contributed by atoms with E-state index < -0.39 is 20.6 Å². The molecule has 6 aromatic heterocycles. The number of ether oxygens (including phenoxy) is 1. The van der Waals surface area contributed by atoms with Gasteiger partial charge in [0.1, 0.15) is 34.8 Å². The Labute approximate surface area is 498 Å². The zero-order chi connectivity index (χ0) is 59.6. The van der Waals surface area contributed by atoms with Gasteiger partial charge in [0.15, 0.2) is 15.5 Å². The van der Waals surface area contributed by atoms with Gasteiger partial charge in [-0.2, -0.15) is 34.0 Å². The Hall–Kier alpha value is -5.13. The van der Waals surface area contributed by atoms with Crippen LogP contribution in [0.15, 0.2) is 92.4 Å². The maximum Gasteiger partial charge on any atom is 0.158 e. The molecular weight excluding hydrogens is 1130 g/mol. The molecule has 5 atom stereocenters. The summed E-state index contributed by atoms with van der Waals surface area (Å²) in [5, 5.41) is 17.6. The Balaban J connectivity index is 0.000000441. The van der Waals surface area contributed by atoms with Crippen LogP contribution in [0.3, 0.4) is 0 Å². The molecule has 5 aliphatic rings. The third kappa shape index (κ3) is 41.8. The van der Waals surface area contributed by atoms with E-state index in [1.165, 1.54) is 73.5 Å². The molecule has 0 amide bonds. The summed E-state index contributed by atoms with van der Waals surface area (Å²) in [7, 11) is -3.05. The molecule has 0 aliphatic carbocycles. The molecule has 0 radical (unpaired) electrons. The van der Waals surface area contributed by atoms with Gasteiger partial charge in [0.05, 0.1) is 52.0 Å². The Kier molecular flexibility index (Phi) is 40.6. The monoisotopic (exact) mass is 1210 g/mol. The molecule has 0 N–H and O–H groups in total. The molecule has 11 heterocycles. The standard InChI is InChI=1S/2C6H5N3.C6H7N.2C5H5ClN2.C5H6N2.C5H10O2S.C5H10OS.C5H10O.C5H10S.C4H8S/c1-5-8-3-6(2-7)4-9-5;1-5-3-9-6(2-7)4-8-5;1-6-4-2-3-5-7-6;1-4-7-2-5(6)3-8-4;1-4-2-8-5(6)3-7-4;1-5-6-3-2-4-7-5;1-5-2-3-8(6,7)4-5;1-5-2-3-7(6)4-5;1-5-3-2-4-6-5;1-5-2-3-6-4-5;1-4-2-5-3-4/h2*3-4H,1H3;2-5H,1H3;2*2-3H,1H3;2-4H,1H3;5H,2-4H2,1H3;5H,2-4H2,1H3;2*5H,2-4H2,1H3;4H,2-3H2,1H3. The predicted molar refractivity (Wildman–Crippen MR) is 329 cm³/mol. The van der Waals surface area contributed by atoms with Crippen molar-refractivity contribution < 1.29 is 17.4 Å². The van der Waals surface area contributed by atoms with E-state index in [0.29, 0.717) is 50.8 Å². The van der Waals surface area contributed by atoms with Gasteiger partial charge in [0.2, 0.25) is 0 Å². The molecule has 0 bridgehead atoms. The lowest BCUT2D eigenvalue weighted by Crippen LogP contribution is -2.12. The Bertz CT molecular complexity index is 2530. The minimum absolute atomic E-state index is 0.362. The van der Waals surface area contributed by atoms with Crippen LogP contribution >= 0.6 is 46.7 Å². The smallest absolute Gasteiger partial charge is 0.158 e. The molecule has 5 aliphatic heterocycles. The van der Waals surface area contributed by atoms with Gasteiger partial charge in [-0.15, -0.1) is 0 Å². The van der Waals surface area contributed by atoms with E-state index in [1.54, 1.807) is 56.4 Å². The third-order valence-electron chi connectivity index (χ3n) is 10.7. The lowest BCUT2D eigenvalue weighted by molar-refractivity contribution is 0.125. The van der Waals surface area contributed by atoms with Crippen molar-refractivity contribution in [3.05, 3.63) is 148 Å². The number of aromatic nitrogens is 11. The molecule has 17 nitrogen and oxygen atoms in total. The number of pyridine rings is 1. The molecule has 23 heteroatoms. The Morgan fingerprint density at radius 3 is 1.43 bits per heavy atom. The number of rotatable bonds is 0. The van der Waals surface area contributed by atoms with Crippen LogP contribution in [0.1, 0.15) is 113 Å². The number of nitrogens with zero attached hydrogens (tertiary/aromatic N) is 13. The molecule has 5 fully saturated rings. The largest absolute Gasteiger partial charge is 0.379 e. The molecule has 0 spiro atoms. The number of hydrogen-bond donors (Lipinski definition) is 0. The molecular formula is C57H81Cl2N13O4S4. The lowest BCUT2D eigenvalue weighted by Gasteiger charge is -2.18. The summed E-state index contributed by atoms with van der Waals surface area (Å²) < 4.78 is 37.0. The molecule has 0 aromatic carbocycles. The van der Waals surface area contributed by atoms with Crippen LogP contribution in [-0.4, -0.2) is 126 Å². The van der Waals surface area contributed by atoms with Crippen molar-refractivity contribution in [3.63, 3.8) is 0 Å². The first-order valence-electron chi connectivity index (χ1n) is 26.3. The highest BCUT2D eigenvalue weighted by molar-refractivity contribution is 8.00. The van der Waals surface area contributed by atoms with Gasteiger partial charge in [-0.3, -0.25) is 19.2 Å². The number of sulfone groups is 1. The summed E-state index contributed by atoms with van der Waals surface area (Å²) in [4.78, 5) is 42.3. The molecule has 436 valence electrons. The van der Waals surface area contributed by atoms with Crippen LogP contribution < -0.4 is 0 Å². The minimum Gasteiger partial charge on any atom is -0.379 e. The van der Waals surface area contributed by atoms with E-state index in [0.717, 1.165) is 71.0 Å². The number of hydrogen-bond acceptors (Lipinski definition) is 19. The van der Waals surface area contributed by atoms with Crippen LogP contribution in [0.5, 0.6) is 0 Å². The van der Waals surface area contributed by atoms with E-state index in [1.807, 2.05) is 83.6 Å². The van der Waals surface area contributed by atoms with E-state index in [-0.39, 0.29) is 0 Å². The maximum absolute atomic E-state index is 10.6. The molecule has 11 rings (SSSR count). The molecule has 80 heavy (non-hydrogen) atoms. The van der Waals surface area contributed by atoms with Crippen molar-refractivity contribution >= 4 is 67.4 Å². The first-order chi connectivity index (χ1) is 38.1. The second kappa shape index (κ2) is 44.5. The number of nitriles is 2. The third-order valence-corrected chi connectivity index (χ3v) is 17.6. The average molecular weight is 1210 g/mol. The molecule has 5 unspecified atom stereocenters. The van der Waals surface area contributed by atoms with Gasteiger partial charge in [0.25, 0.3) is 0 Å². The Morgan fingerprint density at radius 1 is 0.588 bits per heavy atom. The second-order valence-electron chi connectivity index (χ2n) is 19.1. The number of thioether (sulfide) groups is 2. The topological polar surface area (TPSA) is 250 Å². The van der Waals surface area contributed by atoms with Gasteiger partial charge in [-0.05, 0) is 145 Å². The summed E-state index contributed by atoms with van der Waals surface area (Å²) in [6, 6.07) is 11.5. The lowest BCUT2D eigenvalue weighted by atomic mass is 10.2. The van der Waals surface area contributed by atoms with E-state index in [2.05, 4.69) is 94.3 Å². The summed E-state index contributed by atoms with van der Waals surface area (Å²) in [6.45, 7) is 23.0. The SMILES string of the molecule is CC1CCCO1.CC1CCS(=O)(=O)C1.CC1CCS(=O)C1.CC1CCSC1.CC1CSC1.Cc1ccccn1.Cc1cnc(C#N)cn1.Cc1cnc(Cl)cn1.Cc1ncc(C#N)cn1.Cc1ncc(Cl)cn1.Cc1ncccn1.